The van der Waals surface area contributed by atoms with Gasteiger partial charge in [0.1, 0.15) is 0 Å². The Hall–Kier alpha value is -2.82. The topological polar surface area (TPSA) is 64.2 Å². The van der Waals surface area contributed by atoms with E-state index in [1.807, 2.05) is 37.3 Å². The van der Waals surface area contributed by atoms with E-state index in [4.69, 9.17) is 4.42 Å². The molecule has 1 heterocycles. The zero-order chi connectivity index (χ0) is 16.4. The van der Waals surface area contributed by atoms with Crippen molar-refractivity contribution in [2.75, 3.05) is 5.32 Å². The number of carbonyl (C=O) groups is 1. The van der Waals surface area contributed by atoms with Gasteiger partial charge in [-0.3, -0.25) is 9.36 Å². The Kier molecular flexibility index (Phi) is 4.02. The van der Waals surface area contributed by atoms with Crippen molar-refractivity contribution >= 4 is 22.7 Å². The molecule has 1 unspecified atom stereocenters. The van der Waals surface area contributed by atoms with Gasteiger partial charge in [-0.25, -0.2) is 4.79 Å². The number of benzene rings is 2. The standard InChI is InChI=1S/C18H18N2O3/c1-12(10-13-6-4-3-5-7-13)17(21)19-14-8-9-15-16(11-14)23-18(22)20(15)2/h3-9,11-12H,10H2,1-2H3,(H,19,21). The van der Waals surface area contributed by atoms with E-state index in [0.29, 0.717) is 23.2 Å². The fourth-order valence-electron chi connectivity index (χ4n) is 2.54. The number of anilines is 1. The predicted molar refractivity (Wildman–Crippen MR) is 89.4 cm³/mol. The fourth-order valence-corrected chi connectivity index (χ4v) is 2.54. The summed E-state index contributed by atoms with van der Waals surface area (Å²) in [6, 6.07) is 15.1. The highest BCUT2D eigenvalue weighted by atomic mass is 16.4. The minimum absolute atomic E-state index is 0.0634. The molecule has 0 fully saturated rings. The number of nitrogens with zero attached hydrogens (tertiary/aromatic N) is 1. The number of amides is 1. The third-order valence-corrected chi connectivity index (χ3v) is 3.89. The lowest BCUT2D eigenvalue weighted by Crippen LogP contribution is -2.22. The van der Waals surface area contributed by atoms with E-state index in [2.05, 4.69) is 5.32 Å². The number of nitrogens with one attached hydrogen (secondary N) is 1. The zero-order valence-corrected chi connectivity index (χ0v) is 13.1. The van der Waals surface area contributed by atoms with Crippen molar-refractivity contribution in [3.63, 3.8) is 0 Å². The van der Waals surface area contributed by atoms with Crippen LogP contribution in [0.3, 0.4) is 0 Å². The van der Waals surface area contributed by atoms with Gasteiger partial charge in [0.25, 0.3) is 0 Å². The second-order valence-corrected chi connectivity index (χ2v) is 5.69. The average Bonchev–Trinajstić information content (AvgIpc) is 2.82. The third kappa shape index (κ3) is 3.18. The van der Waals surface area contributed by atoms with Gasteiger partial charge >= 0.3 is 5.76 Å². The number of aryl methyl sites for hydroxylation is 1. The van der Waals surface area contributed by atoms with Gasteiger partial charge in [0.2, 0.25) is 5.91 Å². The van der Waals surface area contributed by atoms with Gasteiger partial charge < -0.3 is 9.73 Å². The molecule has 0 aliphatic carbocycles. The van der Waals surface area contributed by atoms with E-state index in [0.717, 1.165) is 5.56 Å². The summed E-state index contributed by atoms with van der Waals surface area (Å²) < 4.78 is 6.56. The number of oxazole rings is 1. The highest BCUT2D eigenvalue weighted by molar-refractivity contribution is 5.94. The molecular weight excluding hydrogens is 292 g/mol. The molecule has 3 rings (SSSR count). The van der Waals surface area contributed by atoms with Gasteiger partial charge in [0, 0.05) is 24.7 Å². The average molecular weight is 310 g/mol. The normalized spacial score (nSPS) is 12.3. The Balaban J connectivity index is 1.73. The molecule has 5 nitrogen and oxygen atoms in total. The maximum Gasteiger partial charge on any atom is 0.419 e. The summed E-state index contributed by atoms with van der Waals surface area (Å²) in [5, 5.41) is 2.87. The fraction of sp³-hybridized carbons (Fsp3) is 0.222. The lowest BCUT2D eigenvalue weighted by atomic mass is 10.0. The summed E-state index contributed by atoms with van der Waals surface area (Å²) in [7, 11) is 1.65. The summed E-state index contributed by atoms with van der Waals surface area (Å²) in [5.74, 6) is -0.636. The minimum atomic E-state index is -0.416. The van der Waals surface area contributed by atoms with Crippen molar-refractivity contribution in [1.82, 2.24) is 4.57 Å². The van der Waals surface area contributed by atoms with Crippen LogP contribution in [0, 0.1) is 5.92 Å². The van der Waals surface area contributed by atoms with Gasteiger partial charge in [0.15, 0.2) is 5.58 Å². The number of hydrogen-bond donors (Lipinski definition) is 1. The molecule has 0 spiro atoms. The Labute approximate surface area is 133 Å². The number of rotatable bonds is 4. The van der Waals surface area contributed by atoms with Crippen molar-refractivity contribution in [2.24, 2.45) is 13.0 Å². The Bertz CT molecular complexity index is 894. The first-order chi connectivity index (χ1) is 11.0. The van der Waals surface area contributed by atoms with Gasteiger partial charge in [0.05, 0.1) is 5.52 Å². The Morgan fingerprint density at radius 1 is 1.22 bits per heavy atom. The summed E-state index contributed by atoms with van der Waals surface area (Å²) in [6.45, 7) is 1.89. The van der Waals surface area contributed by atoms with Gasteiger partial charge in [-0.2, -0.15) is 0 Å². The number of aromatic nitrogens is 1. The van der Waals surface area contributed by atoms with Gasteiger partial charge in [-0.05, 0) is 24.1 Å². The van der Waals surface area contributed by atoms with E-state index in [1.165, 1.54) is 4.57 Å². The molecule has 5 heteroatoms. The van der Waals surface area contributed by atoms with Crippen LogP contribution in [0.4, 0.5) is 5.69 Å². The summed E-state index contributed by atoms with van der Waals surface area (Å²) >= 11 is 0. The van der Waals surface area contributed by atoms with Crippen molar-refractivity contribution < 1.29 is 9.21 Å². The zero-order valence-electron chi connectivity index (χ0n) is 13.1. The van der Waals surface area contributed by atoms with Crippen LogP contribution in [0.1, 0.15) is 12.5 Å². The number of fused-ring (bicyclic) bond motifs is 1. The van der Waals surface area contributed by atoms with Crippen LogP contribution in [0.5, 0.6) is 0 Å². The first-order valence-electron chi connectivity index (χ1n) is 7.49. The summed E-state index contributed by atoms with van der Waals surface area (Å²) in [4.78, 5) is 23.8. The van der Waals surface area contributed by atoms with E-state index in [9.17, 15) is 9.59 Å². The van der Waals surface area contributed by atoms with Crippen molar-refractivity contribution in [3.8, 4) is 0 Å². The predicted octanol–water partition coefficient (Wildman–Crippen LogP) is 2.95. The molecule has 1 N–H and O–H groups in total. The lowest BCUT2D eigenvalue weighted by molar-refractivity contribution is -0.119. The molecule has 1 aromatic heterocycles. The molecule has 1 amide bonds. The highest BCUT2D eigenvalue weighted by Crippen LogP contribution is 2.19. The van der Waals surface area contributed by atoms with Gasteiger partial charge in [-0.1, -0.05) is 37.3 Å². The number of carbonyl (C=O) groups excluding carboxylic acids is 1. The van der Waals surface area contributed by atoms with Crippen LogP contribution >= 0.6 is 0 Å². The van der Waals surface area contributed by atoms with Crippen molar-refractivity contribution in [1.29, 1.82) is 0 Å². The van der Waals surface area contributed by atoms with Crippen molar-refractivity contribution in [2.45, 2.75) is 13.3 Å². The monoisotopic (exact) mass is 310 g/mol. The van der Waals surface area contributed by atoms with Crippen LogP contribution in [0.15, 0.2) is 57.7 Å². The van der Waals surface area contributed by atoms with Crippen LogP contribution < -0.4 is 11.1 Å². The number of hydrogen-bond acceptors (Lipinski definition) is 3. The molecule has 23 heavy (non-hydrogen) atoms. The van der Waals surface area contributed by atoms with Crippen LogP contribution in [0.25, 0.3) is 11.1 Å². The quantitative estimate of drug-likeness (QED) is 0.806. The summed E-state index contributed by atoms with van der Waals surface area (Å²) in [6.07, 6.45) is 0.676. The minimum Gasteiger partial charge on any atom is -0.408 e. The molecule has 0 bridgehead atoms. The van der Waals surface area contributed by atoms with Gasteiger partial charge in [-0.15, -0.1) is 0 Å². The maximum atomic E-state index is 12.3. The summed E-state index contributed by atoms with van der Waals surface area (Å²) in [5.41, 5.74) is 2.91. The molecular formula is C18H18N2O3. The van der Waals surface area contributed by atoms with Crippen LogP contribution in [-0.4, -0.2) is 10.5 Å². The van der Waals surface area contributed by atoms with E-state index < -0.39 is 5.76 Å². The molecule has 3 aromatic rings. The molecule has 0 aliphatic heterocycles. The lowest BCUT2D eigenvalue weighted by Gasteiger charge is -2.12. The van der Waals surface area contributed by atoms with E-state index in [-0.39, 0.29) is 11.8 Å². The SMILES string of the molecule is CC(Cc1ccccc1)C(=O)Nc1ccc2c(c1)oc(=O)n2C. The molecule has 2 aromatic carbocycles. The molecule has 0 saturated heterocycles. The van der Waals surface area contributed by atoms with Crippen LogP contribution in [0.2, 0.25) is 0 Å². The molecule has 0 aliphatic rings. The second-order valence-electron chi connectivity index (χ2n) is 5.69. The molecule has 0 radical (unpaired) electrons. The first-order valence-corrected chi connectivity index (χ1v) is 7.49. The molecule has 0 saturated carbocycles. The maximum absolute atomic E-state index is 12.3. The Morgan fingerprint density at radius 3 is 2.70 bits per heavy atom. The Morgan fingerprint density at radius 2 is 1.96 bits per heavy atom. The van der Waals surface area contributed by atoms with E-state index >= 15 is 0 Å². The van der Waals surface area contributed by atoms with Crippen molar-refractivity contribution in [3.05, 3.63) is 64.6 Å². The highest BCUT2D eigenvalue weighted by Gasteiger charge is 2.14. The first kappa shape index (κ1) is 15.1. The van der Waals surface area contributed by atoms with E-state index in [1.54, 1.807) is 25.2 Å². The van der Waals surface area contributed by atoms with Crippen LogP contribution in [-0.2, 0) is 18.3 Å². The molecule has 1 atom stereocenters. The molecule has 118 valence electrons. The smallest absolute Gasteiger partial charge is 0.408 e. The largest absolute Gasteiger partial charge is 0.419 e. The third-order valence-electron chi connectivity index (χ3n) is 3.89. The second kappa shape index (κ2) is 6.12.